The summed E-state index contributed by atoms with van der Waals surface area (Å²) in [7, 11) is 0. The van der Waals surface area contributed by atoms with Crippen LogP contribution in [0.25, 0.3) is 0 Å². The minimum absolute atomic E-state index is 0.219. The van der Waals surface area contributed by atoms with Crippen molar-refractivity contribution in [2.75, 3.05) is 5.32 Å². The molecule has 2 heterocycles. The first-order valence-corrected chi connectivity index (χ1v) is 9.79. The summed E-state index contributed by atoms with van der Waals surface area (Å²) in [6.45, 7) is 0. The molecule has 2 bridgehead atoms. The first kappa shape index (κ1) is 16.8. The zero-order valence-electron chi connectivity index (χ0n) is 14.7. The van der Waals surface area contributed by atoms with Crippen LogP contribution in [-0.2, 0) is 0 Å². The van der Waals surface area contributed by atoms with Crippen molar-refractivity contribution in [1.82, 2.24) is 10.2 Å². The van der Waals surface area contributed by atoms with Crippen LogP contribution in [0.15, 0.2) is 24.3 Å². The third-order valence-electron chi connectivity index (χ3n) is 6.20. The molecule has 4 nitrogen and oxygen atoms in total. The van der Waals surface area contributed by atoms with Gasteiger partial charge in [0.2, 0.25) is 0 Å². The predicted molar refractivity (Wildman–Crippen MR) is 97.1 cm³/mol. The van der Waals surface area contributed by atoms with E-state index >= 15 is 0 Å². The molecular weight excluding hydrogens is 317 g/mol. The minimum atomic E-state index is -0.336. The Morgan fingerprint density at radius 3 is 2.36 bits per heavy atom. The van der Waals surface area contributed by atoms with Gasteiger partial charge in [0.25, 0.3) is 0 Å². The van der Waals surface area contributed by atoms with Crippen LogP contribution in [0.5, 0.6) is 0 Å². The second-order valence-corrected chi connectivity index (χ2v) is 7.90. The number of carbonyl (C=O) groups is 1. The zero-order chi connectivity index (χ0) is 17.2. The average molecular weight is 345 g/mol. The molecular formula is C20H28FN3O. The Morgan fingerprint density at radius 1 is 1.00 bits per heavy atom. The fourth-order valence-electron chi connectivity index (χ4n) is 5.25. The van der Waals surface area contributed by atoms with Gasteiger partial charge < -0.3 is 10.6 Å². The Morgan fingerprint density at radius 2 is 1.68 bits per heavy atom. The van der Waals surface area contributed by atoms with E-state index in [0.717, 1.165) is 18.9 Å². The molecule has 1 aromatic carbocycles. The van der Waals surface area contributed by atoms with Crippen LogP contribution in [0.3, 0.4) is 0 Å². The molecule has 4 rings (SSSR count). The molecule has 2 aliphatic heterocycles. The third kappa shape index (κ3) is 3.81. The SMILES string of the molecule is O=C(Nc1cccc(F)c1)NC1C[C@H]2CCC[C@H](C1)N2C1CCCC1. The minimum Gasteiger partial charge on any atom is -0.335 e. The van der Waals surface area contributed by atoms with Gasteiger partial charge in [-0.2, -0.15) is 0 Å². The number of hydrogen-bond acceptors (Lipinski definition) is 2. The second-order valence-electron chi connectivity index (χ2n) is 7.90. The van der Waals surface area contributed by atoms with Gasteiger partial charge in [-0.15, -0.1) is 0 Å². The van der Waals surface area contributed by atoms with Gasteiger partial charge in [-0.1, -0.05) is 25.3 Å². The van der Waals surface area contributed by atoms with Crippen molar-refractivity contribution in [2.45, 2.75) is 82.0 Å². The predicted octanol–water partition coefficient (Wildman–Crippen LogP) is 4.28. The molecule has 0 radical (unpaired) electrons. The maximum absolute atomic E-state index is 13.2. The number of urea groups is 1. The molecule has 5 heteroatoms. The highest BCUT2D eigenvalue weighted by Crippen LogP contribution is 2.39. The van der Waals surface area contributed by atoms with E-state index in [-0.39, 0.29) is 17.9 Å². The lowest BCUT2D eigenvalue weighted by Gasteiger charge is -2.51. The summed E-state index contributed by atoms with van der Waals surface area (Å²) < 4.78 is 13.2. The van der Waals surface area contributed by atoms with Gasteiger partial charge in [-0.3, -0.25) is 4.90 Å². The molecule has 1 saturated carbocycles. The van der Waals surface area contributed by atoms with Crippen molar-refractivity contribution < 1.29 is 9.18 Å². The number of hydrogen-bond donors (Lipinski definition) is 2. The van der Waals surface area contributed by atoms with E-state index in [9.17, 15) is 9.18 Å². The first-order valence-electron chi connectivity index (χ1n) is 9.79. The standard InChI is InChI=1S/C20H28FN3O/c21-14-5-3-6-15(11-14)22-20(25)23-16-12-18-9-4-10-19(13-16)24(18)17-7-1-2-8-17/h3,5-6,11,16-19H,1-2,4,7-10,12-13H2,(H2,22,23,25)/t18-,19-/m1/s1. The van der Waals surface area contributed by atoms with E-state index in [1.807, 2.05) is 0 Å². The maximum Gasteiger partial charge on any atom is 0.319 e. The van der Waals surface area contributed by atoms with Crippen molar-refractivity contribution in [3.8, 4) is 0 Å². The summed E-state index contributed by atoms with van der Waals surface area (Å²) in [4.78, 5) is 15.1. The van der Waals surface area contributed by atoms with Gasteiger partial charge in [-0.05, 0) is 56.7 Å². The van der Waals surface area contributed by atoms with Crippen LogP contribution in [0.1, 0.15) is 57.8 Å². The summed E-state index contributed by atoms with van der Waals surface area (Å²) in [5.74, 6) is -0.336. The molecule has 0 spiro atoms. The molecule has 2 N–H and O–H groups in total. The summed E-state index contributed by atoms with van der Waals surface area (Å²) in [5, 5.41) is 5.89. The number of fused-ring (bicyclic) bond motifs is 2. The number of piperidine rings is 2. The van der Waals surface area contributed by atoms with Crippen molar-refractivity contribution in [3.05, 3.63) is 30.1 Å². The maximum atomic E-state index is 13.2. The number of carbonyl (C=O) groups excluding carboxylic acids is 1. The Labute approximate surface area is 149 Å². The Hall–Kier alpha value is -1.62. The average Bonchev–Trinajstić information content (AvgIpc) is 3.08. The molecule has 0 unspecified atom stereocenters. The highest BCUT2D eigenvalue weighted by molar-refractivity contribution is 5.89. The smallest absolute Gasteiger partial charge is 0.319 e. The normalized spacial score (nSPS) is 30.2. The van der Waals surface area contributed by atoms with Crippen LogP contribution in [0.2, 0.25) is 0 Å². The van der Waals surface area contributed by atoms with E-state index < -0.39 is 0 Å². The van der Waals surface area contributed by atoms with Gasteiger partial charge in [0, 0.05) is 29.9 Å². The molecule has 136 valence electrons. The van der Waals surface area contributed by atoms with Crippen LogP contribution in [-0.4, -0.2) is 35.1 Å². The second kappa shape index (κ2) is 7.32. The van der Waals surface area contributed by atoms with Gasteiger partial charge in [0.1, 0.15) is 5.82 Å². The lowest BCUT2D eigenvalue weighted by molar-refractivity contribution is -0.00680. The molecule has 3 fully saturated rings. The van der Waals surface area contributed by atoms with Crippen LogP contribution in [0.4, 0.5) is 14.9 Å². The van der Waals surface area contributed by atoms with Gasteiger partial charge in [-0.25, -0.2) is 9.18 Å². The fraction of sp³-hybridized carbons (Fsp3) is 0.650. The van der Waals surface area contributed by atoms with Crippen molar-refractivity contribution in [2.24, 2.45) is 0 Å². The fourth-order valence-corrected chi connectivity index (χ4v) is 5.25. The molecule has 2 amide bonds. The number of nitrogens with one attached hydrogen (secondary N) is 2. The van der Waals surface area contributed by atoms with Gasteiger partial charge in [0.15, 0.2) is 0 Å². The number of rotatable bonds is 3. The molecule has 2 saturated heterocycles. The lowest BCUT2D eigenvalue weighted by atomic mass is 9.80. The number of nitrogens with zero attached hydrogens (tertiary/aromatic N) is 1. The first-order chi connectivity index (χ1) is 12.2. The highest BCUT2D eigenvalue weighted by atomic mass is 19.1. The number of halogens is 1. The number of amides is 2. The van der Waals surface area contributed by atoms with Gasteiger partial charge >= 0.3 is 6.03 Å². The van der Waals surface area contributed by atoms with Crippen molar-refractivity contribution in [3.63, 3.8) is 0 Å². The Kier molecular flexibility index (Phi) is 4.93. The summed E-state index contributed by atoms with van der Waals surface area (Å²) in [5.41, 5.74) is 0.501. The van der Waals surface area contributed by atoms with Crippen molar-refractivity contribution in [1.29, 1.82) is 0 Å². The van der Waals surface area contributed by atoms with Gasteiger partial charge in [0.05, 0.1) is 0 Å². The van der Waals surface area contributed by atoms with E-state index in [0.29, 0.717) is 17.8 Å². The van der Waals surface area contributed by atoms with E-state index in [4.69, 9.17) is 0 Å². The van der Waals surface area contributed by atoms with E-state index in [1.54, 1.807) is 12.1 Å². The van der Waals surface area contributed by atoms with Crippen molar-refractivity contribution >= 4 is 11.7 Å². The molecule has 1 aromatic rings. The number of benzene rings is 1. The van der Waals surface area contributed by atoms with Crippen LogP contribution in [0, 0.1) is 5.82 Å². The monoisotopic (exact) mass is 345 g/mol. The lowest BCUT2D eigenvalue weighted by Crippen LogP contribution is -2.59. The summed E-state index contributed by atoms with van der Waals surface area (Å²) >= 11 is 0. The Bertz CT molecular complexity index is 603. The number of anilines is 1. The quantitative estimate of drug-likeness (QED) is 0.859. The van der Waals surface area contributed by atoms with E-state index in [2.05, 4.69) is 15.5 Å². The third-order valence-corrected chi connectivity index (χ3v) is 6.20. The topological polar surface area (TPSA) is 44.4 Å². The molecule has 0 aromatic heterocycles. The zero-order valence-corrected chi connectivity index (χ0v) is 14.7. The highest BCUT2D eigenvalue weighted by Gasteiger charge is 2.42. The summed E-state index contributed by atoms with van der Waals surface area (Å²) in [6, 6.07) is 8.06. The molecule has 3 aliphatic rings. The Balaban J connectivity index is 1.35. The van der Waals surface area contributed by atoms with E-state index in [1.165, 1.54) is 57.1 Å². The molecule has 2 atom stereocenters. The summed E-state index contributed by atoms with van der Waals surface area (Å²) in [6.07, 6.45) is 11.4. The largest absolute Gasteiger partial charge is 0.335 e. The molecule has 25 heavy (non-hydrogen) atoms. The molecule has 1 aliphatic carbocycles. The van der Waals surface area contributed by atoms with Crippen LogP contribution < -0.4 is 10.6 Å². The van der Waals surface area contributed by atoms with Crippen LogP contribution >= 0.6 is 0 Å².